The summed E-state index contributed by atoms with van der Waals surface area (Å²) in [5.41, 5.74) is 9.58. The van der Waals surface area contributed by atoms with Crippen LogP contribution in [0.4, 0.5) is 17.1 Å². The van der Waals surface area contributed by atoms with Crippen molar-refractivity contribution in [3.8, 4) is 22.3 Å². The van der Waals surface area contributed by atoms with Crippen molar-refractivity contribution < 1.29 is 4.42 Å². The molecule has 216 valence electrons. The molecule has 2 nitrogen and oxygen atoms in total. The number of hydrogen-bond acceptors (Lipinski definition) is 2. The predicted octanol–water partition coefficient (Wildman–Crippen LogP) is 12.7. The van der Waals surface area contributed by atoms with Crippen molar-refractivity contribution in [2.45, 2.75) is 0 Å². The Morgan fingerprint density at radius 3 is 1.76 bits per heavy atom. The maximum absolute atomic E-state index is 7.10. The molecule has 0 aliphatic heterocycles. The van der Waals surface area contributed by atoms with E-state index in [0.717, 1.165) is 44.6 Å². The van der Waals surface area contributed by atoms with Crippen molar-refractivity contribution in [1.82, 2.24) is 0 Å². The standard InChI is InChI=1S/C44H29NO/c1-3-13-30(14-4-1)31-25-27-35(28-26-31)45(34-18-5-2-6-19-34)41-24-12-23-39-42-37-21-10-8-16-33(37)29-40(44(42)46-43(39)41)38-22-11-17-32-15-7-9-20-36(32)38/h1-29H. The first-order valence-electron chi connectivity index (χ1n) is 15.7. The van der Waals surface area contributed by atoms with E-state index in [9.17, 15) is 0 Å². The van der Waals surface area contributed by atoms with Crippen LogP contribution in [0.5, 0.6) is 0 Å². The number of furan rings is 1. The van der Waals surface area contributed by atoms with Gasteiger partial charge in [-0.2, -0.15) is 0 Å². The zero-order valence-electron chi connectivity index (χ0n) is 25.1. The summed E-state index contributed by atoms with van der Waals surface area (Å²) in [4.78, 5) is 2.30. The third-order valence-electron chi connectivity index (χ3n) is 9.04. The van der Waals surface area contributed by atoms with Crippen LogP contribution in [0.2, 0.25) is 0 Å². The van der Waals surface area contributed by atoms with Gasteiger partial charge in [0.25, 0.3) is 0 Å². The maximum atomic E-state index is 7.10. The van der Waals surface area contributed by atoms with Crippen LogP contribution in [0, 0.1) is 0 Å². The second kappa shape index (κ2) is 10.8. The summed E-state index contributed by atoms with van der Waals surface area (Å²) in [6.07, 6.45) is 0. The van der Waals surface area contributed by atoms with E-state index < -0.39 is 0 Å². The van der Waals surface area contributed by atoms with Gasteiger partial charge >= 0.3 is 0 Å². The van der Waals surface area contributed by atoms with Crippen LogP contribution in [-0.2, 0) is 0 Å². The Morgan fingerprint density at radius 1 is 0.370 bits per heavy atom. The number of hydrogen-bond donors (Lipinski definition) is 0. The van der Waals surface area contributed by atoms with Gasteiger partial charge in [0.15, 0.2) is 5.58 Å². The van der Waals surface area contributed by atoms with E-state index in [1.54, 1.807) is 0 Å². The lowest BCUT2D eigenvalue weighted by Crippen LogP contribution is -2.10. The number of fused-ring (bicyclic) bond motifs is 6. The topological polar surface area (TPSA) is 16.4 Å². The average molecular weight is 588 g/mol. The summed E-state index contributed by atoms with van der Waals surface area (Å²) in [7, 11) is 0. The van der Waals surface area contributed by atoms with Gasteiger partial charge in [-0.1, -0.05) is 140 Å². The Kier molecular flexibility index (Phi) is 6.17. The second-order valence-electron chi connectivity index (χ2n) is 11.7. The van der Waals surface area contributed by atoms with E-state index in [0.29, 0.717) is 0 Å². The smallest absolute Gasteiger partial charge is 0.159 e. The Bertz CT molecular complexity index is 2510. The summed E-state index contributed by atoms with van der Waals surface area (Å²) in [6.45, 7) is 0. The monoisotopic (exact) mass is 587 g/mol. The summed E-state index contributed by atoms with van der Waals surface area (Å²) < 4.78 is 7.10. The zero-order chi connectivity index (χ0) is 30.5. The highest BCUT2D eigenvalue weighted by Crippen LogP contribution is 2.47. The van der Waals surface area contributed by atoms with Crippen LogP contribution < -0.4 is 4.90 Å². The van der Waals surface area contributed by atoms with Gasteiger partial charge < -0.3 is 9.32 Å². The molecule has 46 heavy (non-hydrogen) atoms. The van der Waals surface area contributed by atoms with Crippen LogP contribution in [-0.4, -0.2) is 0 Å². The molecule has 0 unspecified atom stereocenters. The van der Waals surface area contributed by atoms with E-state index >= 15 is 0 Å². The molecule has 9 rings (SSSR count). The molecule has 0 atom stereocenters. The molecule has 0 saturated heterocycles. The van der Waals surface area contributed by atoms with E-state index in [1.165, 1.54) is 38.2 Å². The molecule has 9 aromatic rings. The molecule has 0 saturated carbocycles. The fraction of sp³-hybridized carbons (Fsp3) is 0. The molecule has 0 aliphatic rings. The van der Waals surface area contributed by atoms with E-state index in [4.69, 9.17) is 4.42 Å². The number of rotatable bonds is 5. The molecular formula is C44H29NO. The van der Waals surface area contributed by atoms with Gasteiger partial charge in [-0.15, -0.1) is 0 Å². The maximum Gasteiger partial charge on any atom is 0.159 e. The Morgan fingerprint density at radius 2 is 0.957 bits per heavy atom. The van der Waals surface area contributed by atoms with Crippen molar-refractivity contribution in [2.24, 2.45) is 0 Å². The third kappa shape index (κ3) is 4.27. The van der Waals surface area contributed by atoms with E-state index in [1.807, 2.05) is 0 Å². The SMILES string of the molecule is c1ccc(-c2ccc(N(c3ccccc3)c3cccc4c3oc3c(-c5cccc6ccccc56)cc5ccccc5c34)cc2)cc1. The largest absolute Gasteiger partial charge is 0.453 e. The van der Waals surface area contributed by atoms with Gasteiger partial charge in [-0.05, 0) is 74.6 Å². The van der Waals surface area contributed by atoms with Gasteiger partial charge in [-0.25, -0.2) is 0 Å². The van der Waals surface area contributed by atoms with Gasteiger partial charge in [0.1, 0.15) is 5.58 Å². The molecule has 2 heteroatoms. The summed E-state index contributed by atoms with van der Waals surface area (Å²) in [5.74, 6) is 0. The van der Waals surface area contributed by atoms with Gasteiger partial charge in [0, 0.05) is 27.7 Å². The molecule has 1 aromatic heterocycles. The van der Waals surface area contributed by atoms with Crippen molar-refractivity contribution in [1.29, 1.82) is 0 Å². The fourth-order valence-electron chi connectivity index (χ4n) is 6.91. The van der Waals surface area contributed by atoms with Gasteiger partial charge in [0.05, 0.1) is 5.69 Å². The van der Waals surface area contributed by atoms with Crippen molar-refractivity contribution in [2.75, 3.05) is 4.90 Å². The molecule has 0 bridgehead atoms. The fourth-order valence-corrected chi connectivity index (χ4v) is 6.91. The molecule has 0 fully saturated rings. The lowest BCUT2D eigenvalue weighted by atomic mass is 9.93. The van der Waals surface area contributed by atoms with Crippen molar-refractivity contribution in [3.63, 3.8) is 0 Å². The number of benzene rings is 8. The molecule has 0 radical (unpaired) electrons. The molecule has 0 amide bonds. The lowest BCUT2D eigenvalue weighted by Gasteiger charge is -2.25. The van der Waals surface area contributed by atoms with Gasteiger partial charge in [-0.3, -0.25) is 0 Å². The van der Waals surface area contributed by atoms with Crippen LogP contribution in [0.15, 0.2) is 180 Å². The number of nitrogens with zero attached hydrogens (tertiary/aromatic N) is 1. The molecule has 0 spiro atoms. The third-order valence-corrected chi connectivity index (χ3v) is 9.04. The minimum Gasteiger partial charge on any atom is -0.453 e. The molecular weight excluding hydrogens is 558 g/mol. The molecule has 1 heterocycles. The van der Waals surface area contributed by atoms with E-state index in [2.05, 4.69) is 181 Å². The predicted molar refractivity (Wildman–Crippen MR) is 194 cm³/mol. The first-order chi connectivity index (χ1) is 22.8. The minimum absolute atomic E-state index is 0.867. The molecule has 8 aromatic carbocycles. The first kappa shape index (κ1) is 26.3. The highest BCUT2D eigenvalue weighted by atomic mass is 16.3. The van der Waals surface area contributed by atoms with Gasteiger partial charge in [0.2, 0.25) is 0 Å². The van der Waals surface area contributed by atoms with Crippen LogP contribution in [0.25, 0.3) is 65.7 Å². The number of para-hydroxylation sites is 2. The average Bonchev–Trinajstić information content (AvgIpc) is 3.53. The zero-order valence-corrected chi connectivity index (χ0v) is 25.1. The second-order valence-corrected chi connectivity index (χ2v) is 11.7. The van der Waals surface area contributed by atoms with Crippen LogP contribution >= 0.6 is 0 Å². The summed E-state index contributed by atoms with van der Waals surface area (Å²) >= 11 is 0. The highest BCUT2D eigenvalue weighted by molar-refractivity contribution is 6.25. The normalized spacial score (nSPS) is 11.5. The Labute approximate surface area is 267 Å². The van der Waals surface area contributed by atoms with Crippen LogP contribution in [0.1, 0.15) is 0 Å². The van der Waals surface area contributed by atoms with Crippen molar-refractivity contribution >= 4 is 60.5 Å². The highest BCUT2D eigenvalue weighted by Gasteiger charge is 2.22. The first-order valence-corrected chi connectivity index (χ1v) is 15.7. The summed E-state index contributed by atoms with van der Waals surface area (Å²) in [6, 6.07) is 62.5. The van der Waals surface area contributed by atoms with Crippen LogP contribution in [0.3, 0.4) is 0 Å². The summed E-state index contributed by atoms with van der Waals surface area (Å²) in [5, 5.41) is 7.07. The van der Waals surface area contributed by atoms with E-state index in [-0.39, 0.29) is 0 Å². The lowest BCUT2D eigenvalue weighted by molar-refractivity contribution is 0.670. The number of anilines is 3. The molecule has 0 aliphatic carbocycles. The Balaban J connectivity index is 1.32. The quantitative estimate of drug-likeness (QED) is 0.199. The van der Waals surface area contributed by atoms with Crippen molar-refractivity contribution in [3.05, 3.63) is 176 Å². The minimum atomic E-state index is 0.867. The molecule has 0 N–H and O–H groups in total. The Hall–Kier alpha value is -6.12.